The molecule has 1 aliphatic carbocycles. The second-order valence-electron chi connectivity index (χ2n) is 24.2. The molecule has 4 aliphatic rings. The van der Waals surface area contributed by atoms with Crippen LogP contribution in [0.4, 0.5) is 5.69 Å². The average Bonchev–Trinajstić information content (AvgIpc) is 3.35. The van der Waals surface area contributed by atoms with Gasteiger partial charge < -0.3 is 38.1 Å². The summed E-state index contributed by atoms with van der Waals surface area (Å²) in [6.45, 7) is 25.6. The molecule has 2 bridgehead atoms. The van der Waals surface area contributed by atoms with E-state index in [1.165, 1.54) is 31.3 Å². The monoisotopic (exact) mass is 1120 g/mol. The number of Topliss-reactive ketones (excluding diaryl/α,β-unsaturated/α-hetero) is 2. The second kappa shape index (κ2) is 26.7. The van der Waals surface area contributed by atoms with Gasteiger partial charge in [-0.05, 0) is 134 Å². The molecule has 20 heteroatoms. The number of carbonyl (C=O) groups excluding carboxylic acids is 4. The predicted octanol–water partition coefficient (Wildman–Crippen LogP) is 9.60. The van der Waals surface area contributed by atoms with E-state index in [9.17, 15) is 38.0 Å². The van der Waals surface area contributed by atoms with E-state index in [-0.39, 0.29) is 67.4 Å². The lowest BCUT2D eigenvalue weighted by Crippen LogP contribution is -2.64. The molecule has 5 rings (SSSR count). The van der Waals surface area contributed by atoms with Gasteiger partial charge in [0.15, 0.2) is 13.2 Å². The summed E-state index contributed by atoms with van der Waals surface area (Å²) in [6.07, 6.45) is 1.80. The number of esters is 1. The molecule has 77 heavy (non-hydrogen) atoms. The minimum atomic E-state index is -4.61. The molecule has 3 fully saturated rings. The molecular formula is C57H90N2O16SSi. The van der Waals surface area contributed by atoms with Gasteiger partial charge in [0, 0.05) is 51.0 Å². The van der Waals surface area contributed by atoms with Crippen LogP contribution >= 0.6 is 0 Å². The Kier molecular flexibility index (Phi) is 22.2. The summed E-state index contributed by atoms with van der Waals surface area (Å²) < 4.78 is 71.7. The summed E-state index contributed by atoms with van der Waals surface area (Å²) in [5.41, 5.74) is 1.01. The maximum Gasteiger partial charge on any atom is 0.329 e. The Bertz CT molecular complexity index is 2420. The van der Waals surface area contributed by atoms with Crippen LogP contribution in [0.1, 0.15) is 147 Å². The Balaban J connectivity index is 1.62. The number of methoxy groups -OCH3 is 2. The number of nitro groups is 1. The van der Waals surface area contributed by atoms with Crippen molar-refractivity contribution in [3.63, 3.8) is 0 Å². The number of cyclic esters (lactones) is 1. The van der Waals surface area contributed by atoms with Gasteiger partial charge in [0.1, 0.15) is 30.1 Å². The smallest absolute Gasteiger partial charge is 0.329 e. The molecule has 0 radical (unpaired) electrons. The molecule has 434 valence electrons. The van der Waals surface area contributed by atoms with E-state index in [1.807, 2.05) is 53.7 Å². The number of nitro benzene ring substituents is 1. The molecule has 14 atom stereocenters. The van der Waals surface area contributed by atoms with Crippen molar-refractivity contribution in [1.29, 1.82) is 0 Å². The van der Waals surface area contributed by atoms with Gasteiger partial charge in [-0.3, -0.25) is 28.7 Å². The zero-order valence-corrected chi connectivity index (χ0v) is 50.2. The third-order valence-corrected chi connectivity index (χ3v) is 22.7. The molecule has 1 aromatic rings. The van der Waals surface area contributed by atoms with Gasteiger partial charge in [-0.1, -0.05) is 78.3 Å². The highest BCUT2D eigenvalue weighted by Crippen LogP contribution is 2.43. The van der Waals surface area contributed by atoms with Crippen molar-refractivity contribution in [3.8, 4) is 0 Å². The highest BCUT2D eigenvalue weighted by atomic mass is 32.2. The van der Waals surface area contributed by atoms with Gasteiger partial charge in [-0.25, -0.2) is 4.79 Å². The van der Waals surface area contributed by atoms with Crippen molar-refractivity contribution in [1.82, 2.24) is 4.90 Å². The number of hydrogen-bond acceptors (Lipinski definition) is 16. The molecule has 1 N–H and O–H groups in total. The van der Waals surface area contributed by atoms with Crippen LogP contribution in [-0.4, -0.2) is 137 Å². The number of allylic oxidation sites excluding steroid dienone is 3. The minimum absolute atomic E-state index is 0.00706. The van der Waals surface area contributed by atoms with Gasteiger partial charge in [0.2, 0.25) is 5.79 Å². The van der Waals surface area contributed by atoms with Crippen LogP contribution in [0.25, 0.3) is 0 Å². The minimum Gasteiger partial charge on any atom is -0.456 e. The number of rotatable bonds is 13. The van der Waals surface area contributed by atoms with Crippen LogP contribution < -0.4 is 0 Å². The lowest BCUT2D eigenvalue weighted by molar-refractivity contribution is -0.387. The number of carbonyl (C=O) groups is 4. The first kappa shape index (κ1) is 64.1. The zero-order chi connectivity index (χ0) is 57.5. The molecule has 18 nitrogen and oxygen atoms in total. The zero-order valence-electron chi connectivity index (χ0n) is 48.4. The van der Waals surface area contributed by atoms with Crippen molar-refractivity contribution in [3.05, 3.63) is 57.7 Å². The SMILES string of the molecule is CCC1C=C(C)CC(C)CC(OC)C2OC(O)(C(=O)C(=O)N3CCCCC3C(=O)OC(C(C)=CC3CCC(OS(=O)(=O)c4ccccc4[N+](=O)[O-])C(OC(C)C)C3)C(C)C(O[Si](C)(C)C(C)(C)C)CC1=O)C(C)CC2OC. The summed E-state index contributed by atoms with van der Waals surface area (Å²) in [5.74, 6) is -7.89. The van der Waals surface area contributed by atoms with E-state index >= 15 is 4.79 Å². The number of aliphatic hydroxyl groups is 1. The summed E-state index contributed by atoms with van der Waals surface area (Å²) in [7, 11) is -4.21. The van der Waals surface area contributed by atoms with E-state index in [2.05, 4.69) is 40.8 Å². The van der Waals surface area contributed by atoms with Crippen molar-refractivity contribution in [2.45, 2.75) is 230 Å². The highest BCUT2D eigenvalue weighted by Gasteiger charge is 2.57. The van der Waals surface area contributed by atoms with Crippen molar-refractivity contribution < 1.29 is 69.9 Å². The van der Waals surface area contributed by atoms with Crippen LogP contribution in [0.3, 0.4) is 0 Å². The molecule has 2 saturated heterocycles. The van der Waals surface area contributed by atoms with Crippen molar-refractivity contribution in [2.75, 3.05) is 20.8 Å². The number of nitrogens with zero attached hydrogens (tertiary/aromatic N) is 2. The lowest BCUT2D eigenvalue weighted by atomic mass is 9.81. The molecule has 1 amide bonds. The van der Waals surface area contributed by atoms with E-state index in [1.54, 1.807) is 6.92 Å². The third-order valence-electron chi connectivity index (χ3n) is 16.8. The van der Waals surface area contributed by atoms with Gasteiger partial charge in [0.25, 0.3) is 17.4 Å². The van der Waals surface area contributed by atoms with Crippen LogP contribution in [0, 0.1) is 39.7 Å². The standard InChI is InChI=1S/C57H90N2O16SSi/c1-16-41-28-35(4)27-36(5)29-48(69-12)52-49(70-13)31-38(7)57(64,73-52)53(61)54(62)58-26-20-19-22-43(58)55(63)72-51(39(8)46(33-44(41)60)75-77(14,15)56(9,10)11)37(6)30-40-24-25-45(47(32-40)71-34(2)3)74-76(67,68)50-23-18-17-21-42(50)59(65)66/h17-18,21,23,28,30,34,36,38-41,43,45-49,51-52,64H,16,19-20,22,24-27,29,31-33H2,1-15H3. The van der Waals surface area contributed by atoms with Crippen LogP contribution in [-0.2, 0) is 61.6 Å². The van der Waals surface area contributed by atoms with E-state index in [0.29, 0.717) is 44.1 Å². The summed E-state index contributed by atoms with van der Waals surface area (Å²) in [6, 6.07) is 3.80. The topological polar surface area (TPSA) is 234 Å². The maximum atomic E-state index is 15.1. The Hall–Kier alpha value is -3.73. The lowest BCUT2D eigenvalue weighted by Gasteiger charge is -2.47. The number of ether oxygens (including phenoxy) is 5. The first-order valence-corrected chi connectivity index (χ1v) is 32.1. The van der Waals surface area contributed by atoms with Crippen LogP contribution in [0.5, 0.6) is 0 Å². The van der Waals surface area contributed by atoms with Crippen molar-refractivity contribution >= 4 is 47.6 Å². The van der Waals surface area contributed by atoms with Crippen LogP contribution in [0.2, 0.25) is 18.1 Å². The molecule has 14 unspecified atom stereocenters. The number of benzene rings is 1. The fourth-order valence-electron chi connectivity index (χ4n) is 11.5. The molecular weight excluding hydrogens is 1030 g/mol. The summed E-state index contributed by atoms with van der Waals surface area (Å²) in [4.78, 5) is 70.9. The number of fused-ring (bicyclic) bond motifs is 3. The summed E-state index contributed by atoms with van der Waals surface area (Å²) >= 11 is 0. The average molecular weight is 1120 g/mol. The number of amides is 1. The third kappa shape index (κ3) is 15.6. The molecule has 3 aliphatic heterocycles. The second-order valence-corrected chi connectivity index (χ2v) is 30.5. The number of para-hydroxylation sites is 1. The van der Waals surface area contributed by atoms with E-state index in [0.717, 1.165) is 17.7 Å². The summed E-state index contributed by atoms with van der Waals surface area (Å²) in [5, 5.41) is 23.9. The van der Waals surface area contributed by atoms with Gasteiger partial charge in [0.05, 0.1) is 35.4 Å². The molecule has 1 aromatic carbocycles. The number of hydrogen-bond donors (Lipinski definition) is 1. The van der Waals surface area contributed by atoms with E-state index in [4.69, 9.17) is 32.3 Å². The fourth-order valence-corrected chi connectivity index (χ4v) is 14.2. The first-order chi connectivity index (χ1) is 35.9. The Morgan fingerprint density at radius 1 is 0.948 bits per heavy atom. The normalized spacial score (nSPS) is 33.5. The Morgan fingerprint density at radius 3 is 2.21 bits per heavy atom. The van der Waals surface area contributed by atoms with Gasteiger partial charge in [-0.15, -0.1) is 0 Å². The number of ketones is 2. The molecule has 3 heterocycles. The quantitative estimate of drug-likeness (QED) is 0.0368. The fraction of sp³-hybridized carbons (Fsp3) is 0.754. The predicted molar refractivity (Wildman–Crippen MR) is 292 cm³/mol. The van der Waals surface area contributed by atoms with E-state index < -0.39 is 124 Å². The Morgan fingerprint density at radius 2 is 1.60 bits per heavy atom. The molecule has 1 saturated carbocycles. The van der Waals surface area contributed by atoms with Gasteiger partial charge in [-0.2, -0.15) is 8.42 Å². The van der Waals surface area contributed by atoms with Crippen molar-refractivity contribution in [2.24, 2.45) is 29.6 Å². The number of piperidine rings is 1. The molecule has 0 aromatic heterocycles. The maximum absolute atomic E-state index is 15.1. The largest absolute Gasteiger partial charge is 0.456 e. The molecule has 0 spiro atoms. The first-order valence-electron chi connectivity index (χ1n) is 27.8. The van der Waals surface area contributed by atoms with Crippen LogP contribution in [0.15, 0.2) is 52.5 Å². The van der Waals surface area contributed by atoms with Gasteiger partial charge >= 0.3 is 16.1 Å². The Labute approximate surface area is 459 Å². The highest BCUT2D eigenvalue weighted by molar-refractivity contribution is 7.87.